The molecule has 3 aromatic rings. The number of aromatic nitrogens is 1. The predicted molar refractivity (Wildman–Crippen MR) is 168 cm³/mol. The Morgan fingerprint density at radius 1 is 1.05 bits per heavy atom. The molecule has 0 aliphatic carbocycles. The first-order chi connectivity index (χ1) is 20.0. The van der Waals surface area contributed by atoms with Gasteiger partial charge in [0.05, 0.1) is 18.6 Å². The third-order valence-corrected chi connectivity index (χ3v) is 8.40. The van der Waals surface area contributed by atoms with E-state index in [1.54, 1.807) is 0 Å². The lowest BCUT2D eigenvalue weighted by atomic mass is 9.81. The molecule has 8 heteroatoms. The molecule has 5 rings (SSSR count). The number of hydrogen-bond donors (Lipinski definition) is 2. The van der Waals surface area contributed by atoms with Crippen LogP contribution in [0.1, 0.15) is 73.8 Å². The minimum atomic E-state index is -0.875. The summed E-state index contributed by atoms with van der Waals surface area (Å²) in [5, 5.41) is 3.02. The van der Waals surface area contributed by atoms with Crippen LogP contribution in [0.5, 0.6) is 0 Å². The van der Waals surface area contributed by atoms with Crippen LogP contribution in [0.4, 0.5) is 11.4 Å². The SMILES string of the molecule is CCCc1cc(C)[nH]c(=O)c1CNC(=O)c1cc(-c2ccc(N3CCOCC3)cc2)cc2c1C(C)(C)C(=O)N2C(C)C. The van der Waals surface area contributed by atoms with Crippen molar-refractivity contribution in [3.8, 4) is 11.1 Å². The van der Waals surface area contributed by atoms with Gasteiger partial charge in [-0.3, -0.25) is 14.4 Å². The summed E-state index contributed by atoms with van der Waals surface area (Å²) < 4.78 is 5.49. The first-order valence-corrected chi connectivity index (χ1v) is 15.0. The first kappa shape index (κ1) is 29.6. The summed E-state index contributed by atoms with van der Waals surface area (Å²) in [7, 11) is 0. The van der Waals surface area contributed by atoms with Crippen molar-refractivity contribution < 1.29 is 14.3 Å². The lowest BCUT2D eigenvalue weighted by Gasteiger charge is -2.29. The zero-order chi connectivity index (χ0) is 30.2. The lowest BCUT2D eigenvalue weighted by Crippen LogP contribution is -2.40. The number of aromatic amines is 1. The van der Waals surface area contributed by atoms with E-state index in [1.807, 2.05) is 57.7 Å². The molecule has 0 bridgehead atoms. The molecule has 0 unspecified atom stereocenters. The summed E-state index contributed by atoms with van der Waals surface area (Å²) in [5.41, 5.74) is 6.17. The smallest absolute Gasteiger partial charge is 0.253 e. The summed E-state index contributed by atoms with van der Waals surface area (Å²) >= 11 is 0. The largest absolute Gasteiger partial charge is 0.378 e. The molecular formula is C34H42N4O4. The van der Waals surface area contributed by atoms with Crippen molar-refractivity contribution in [3.05, 3.63) is 80.8 Å². The fourth-order valence-corrected chi connectivity index (χ4v) is 6.27. The molecule has 0 atom stereocenters. The molecule has 2 aliphatic heterocycles. The van der Waals surface area contributed by atoms with Gasteiger partial charge in [-0.2, -0.15) is 0 Å². The van der Waals surface area contributed by atoms with E-state index >= 15 is 0 Å². The van der Waals surface area contributed by atoms with E-state index in [-0.39, 0.29) is 30.0 Å². The number of carbonyl (C=O) groups excluding carboxylic acids is 2. The number of ether oxygens (including phenoxy) is 1. The molecule has 1 aromatic heterocycles. The Kier molecular flexibility index (Phi) is 8.28. The molecule has 42 heavy (non-hydrogen) atoms. The van der Waals surface area contributed by atoms with Crippen LogP contribution in [0.3, 0.4) is 0 Å². The van der Waals surface area contributed by atoms with Gasteiger partial charge in [0.15, 0.2) is 0 Å². The number of nitrogens with zero attached hydrogens (tertiary/aromatic N) is 2. The van der Waals surface area contributed by atoms with Crippen LogP contribution in [-0.2, 0) is 27.9 Å². The standard InChI is InChI=1S/C34H42N4O4/c1-7-8-24-17-22(4)36-32(40)28(24)20-35-31(39)27-18-25(19-29-30(27)34(5,6)33(41)38(29)21(2)3)23-9-11-26(12-10-23)37-13-15-42-16-14-37/h9-12,17-19,21H,7-8,13-16,20H2,1-6H3,(H,35,39)(H,36,40). The topological polar surface area (TPSA) is 94.7 Å². The van der Waals surface area contributed by atoms with Gasteiger partial charge in [-0.25, -0.2) is 0 Å². The third kappa shape index (κ3) is 5.48. The zero-order valence-electron chi connectivity index (χ0n) is 25.6. The molecule has 8 nitrogen and oxygen atoms in total. The lowest BCUT2D eigenvalue weighted by molar-refractivity contribution is -0.122. The number of aryl methyl sites for hydroxylation is 2. The third-order valence-electron chi connectivity index (χ3n) is 8.40. The number of anilines is 2. The Morgan fingerprint density at radius 2 is 1.74 bits per heavy atom. The molecule has 0 saturated carbocycles. The summed E-state index contributed by atoms with van der Waals surface area (Å²) in [4.78, 5) is 47.5. The Morgan fingerprint density at radius 3 is 2.38 bits per heavy atom. The highest BCUT2D eigenvalue weighted by Crippen LogP contribution is 2.46. The van der Waals surface area contributed by atoms with Crippen molar-refractivity contribution in [3.63, 3.8) is 0 Å². The summed E-state index contributed by atoms with van der Waals surface area (Å²) in [6.45, 7) is 14.9. The van der Waals surface area contributed by atoms with Crippen LogP contribution in [0, 0.1) is 6.92 Å². The van der Waals surface area contributed by atoms with Gasteiger partial charge in [0, 0.05) is 59.4 Å². The van der Waals surface area contributed by atoms with Crippen LogP contribution in [0.15, 0.2) is 47.3 Å². The van der Waals surface area contributed by atoms with Crippen molar-refractivity contribution in [2.45, 2.75) is 72.4 Å². The fraction of sp³-hybridized carbons (Fsp3) is 0.441. The van der Waals surface area contributed by atoms with Gasteiger partial charge >= 0.3 is 0 Å². The first-order valence-electron chi connectivity index (χ1n) is 15.0. The summed E-state index contributed by atoms with van der Waals surface area (Å²) in [5.74, 6) is -0.325. The number of hydrogen-bond acceptors (Lipinski definition) is 5. The molecule has 2 amide bonds. The predicted octanol–water partition coefficient (Wildman–Crippen LogP) is 5.10. The molecule has 1 saturated heterocycles. The Hall–Kier alpha value is -3.91. The van der Waals surface area contributed by atoms with Crippen molar-refractivity contribution in [2.75, 3.05) is 36.1 Å². The van der Waals surface area contributed by atoms with E-state index in [4.69, 9.17) is 4.74 Å². The molecule has 2 aliphatic rings. The average molecular weight is 571 g/mol. The number of pyridine rings is 1. The normalized spacial score (nSPS) is 16.2. The molecule has 3 heterocycles. The Balaban J connectivity index is 1.55. The molecule has 2 aromatic carbocycles. The van der Waals surface area contributed by atoms with Crippen LogP contribution in [0.2, 0.25) is 0 Å². The van der Waals surface area contributed by atoms with Gasteiger partial charge in [-0.05, 0) is 88.1 Å². The van der Waals surface area contributed by atoms with Gasteiger partial charge < -0.3 is 24.8 Å². The molecule has 0 radical (unpaired) electrons. The number of morpholine rings is 1. The zero-order valence-corrected chi connectivity index (χ0v) is 25.6. The number of benzene rings is 2. The van der Waals surface area contributed by atoms with Gasteiger partial charge in [0.1, 0.15) is 0 Å². The van der Waals surface area contributed by atoms with Crippen LogP contribution in [-0.4, -0.2) is 49.1 Å². The van der Waals surface area contributed by atoms with Gasteiger partial charge in [-0.1, -0.05) is 25.5 Å². The molecular weight excluding hydrogens is 528 g/mol. The highest BCUT2D eigenvalue weighted by atomic mass is 16.5. The number of nitrogens with one attached hydrogen (secondary N) is 2. The van der Waals surface area contributed by atoms with Gasteiger partial charge in [-0.15, -0.1) is 0 Å². The minimum Gasteiger partial charge on any atom is -0.378 e. The maximum atomic E-state index is 14.0. The molecule has 222 valence electrons. The summed E-state index contributed by atoms with van der Waals surface area (Å²) in [6.07, 6.45) is 1.65. The number of fused-ring (bicyclic) bond motifs is 1. The number of carbonyl (C=O) groups is 2. The number of H-pyrrole nitrogens is 1. The van der Waals surface area contributed by atoms with Gasteiger partial charge in [0.25, 0.3) is 11.5 Å². The molecule has 0 spiro atoms. The molecule has 1 fully saturated rings. The number of amides is 2. The van der Waals surface area contributed by atoms with Crippen molar-refractivity contribution in [1.29, 1.82) is 0 Å². The summed E-state index contributed by atoms with van der Waals surface area (Å²) in [6, 6.07) is 14.2. The highest BCUT2D eigenvalue weighted by molar-refractivity contribution is 6.13. The second-order valence-electron chi connectivity index (χ2n) is 12.2. The quantitative estimate of drug-likeness (QED) is 0.393. The average Bonchev–Trinajstić information content (AvgIpc) is 3.17. The maximum Gasteiger partial charge on any atom is 0.253 e. The van der Waals surface area contributed by atoms with E-state index in [1.165, 1.54) is 0 Å². The van der Waals surface area contributed by atoms with Crippen LogP contribution < -0.4 is 20.7 Å². The van der Waals surface area contributed by atoms with E-state index < -0.39 is 5.41 Å². The van der Waals surface area contributed by atoms with Crippen LogP contribution >= 0.6 is 0 Å². The van der Waals surface area contributed by atoms with Gasteiger partial charge in [0.2, 0.25) is 5.91 Å². The highest BCUT2D eigenvalue weighted by Gasteiger charge is 2.47. The van der Waals surface area contributed by atoms with E-state index in [0.717, 1.165) is 65.3 Å². The van der Waals surface area contributed by atoms with E-state index in [9.17, 15) is 14.4 Å². The maximum absolute atomic E-state index is 14.0. The number of rotatable bonds is 8. The van der Waals surface area contributed by atoms with Crippen molar-refractivity contribution in [1.82, 2.24) is 10.3 Å². The van der Waals surface area contributed by atoms with Crippen molar-refractivity contribution >= 4 is 23.2 Å². The molecule has 2 N–H and O–H groups in total. The Bertz CT molecular complexity index is 1550. The second kappa shape index (κ2) is 11.8. The van der Waals surface area contributed by atoms with Crippen molar-refractivity contribution in [2.24, 2.45) is 0 Å². The van der Waals surface area contributed by atoms with E-state index in [2.05, 4.69) is 46.4 Å². The second-order valence-corrected chi connectivity index (χ2v) is 12.2. The fourth-order valence-electron chi connectivity index (χ4n) is 6.27. The Labute approximate surface area is 248 Å². The minimum absolute atomic E-state index is 0.0263. The monoisotopic (exact) mass is 570 g/mol. The van der Waals surface area contributed by atoms with Crippen LogP contribution in [0.25, 0.3) is 11.1 Å². The van der Waals surface area contributed by atoms with E-state index in [0.29, 0.717) is 24.3 Å².